The van der Waals surface area contributed by atoms with Crippen LogP contribution in [0.5, 0.6) is 0 Å². The molecule has 0 aromatic carbocycles. The molecule has 6 heteroatoms. The molecule has 0 radical (unpaired) electrons. The van der Waals surface area contributed by atoms with E-state index in [0.29, 0.717) is 0 Å². The van der Waals surface area contributed by atoms with Crippen LogP contribution in [-0.2, 0) is 29.3 Å². The monoisotopic (exact) mass is 398 g/mol. The van der Waals surface area contributed by atoms with Crippen molar-refractivity contribution in [2.45, 2.75) is 139 Å². The van der Waals surface area contributed by atoms with Gasteiger partial charge in [-0.15, -0.1) is 0 Å². The van der Waals surface area contributed by atoms with Crippen molar-refractivity contribution >= 4 is 0 Å². The predicted molar refractivity (Wildman–Crippen MR) is 102 cm³/mol. The molecule has 0 aromatic heterocycles. The topological polar surface area (TPSA) is 55.4 Å². The Morgan fingerprint density at radius 3 is 0.643 bits per heavy atom. The highest BCUT2D eigenvalue weighted by Gasteiger charge is 2.49. The Morgan fingerprint density at radius 2 is 0.429 bits per heavy atom. The predicted octanol–water partition coefficient (Wildman–Crippen LogP) is 6.39. The van der Waals surface area contributed by atoms with Crippen molar-refractivity contribution in [3.05, 3.63) is 0 Å². The van der Waals surface area contributed by atoms with Crippen LogP contribution in [0.25, 0.3) is 0 Å². The molecule has 0 aromatic rings. The second kappa shape index (κ2) is 9.71. The third-order valence-corrected chi connectivity index (χ3v) is 6.88. The van der Waals surface area contributed by atoms with Crippen molar-refractivity contribution in [1.82, 2.24) is 0 Å². The molecular weight excluding hydrogens is 360 g/mol. The molecule has 1 saturated heterocycles. The zero-order valence-electron chi connectivity index (χ0n) is 17.4. The SMILES string of the molecule is C1CCCC2(CCC1)OOC1(CCCCCC1)OOC1(CCCCCC1)OO2. The first kappa shape index (κ1) is 21.0. The van der Waals surface area contributed by atoms with E-state index in [1.165, 1.54) is 44.9 Å². The Kier molecular flexibility index (Phi) is 7.29. The van der Waals surface area contributed by atoms with Gasteiger partial charge in [0, 0.05) is 38.5 Å². The highest BCUT2D eigenvalue weighted by molar-refractivity contribution is 4.77. The summed E-state index contributed by atoms with van der Waals surface area (Å²) < 4.78 is 0. The molecule has 1 aliphatic heterocycles. The van der Waals surface area contributed by atoms with Gasteiger partial charge in [0.1, 0.15) is 0 Å². The Hall–Kier alpha value is -0.240. The van der Waals surface area contributed by atoms with Gasteiger partial charge in [0.05, 0.1) is 0 Å². The summed E-state index contributed by atoms with van der Waals surface area (Å²) >= 11 is 0. The van der Waals surface area contributed by atoms with Crippen molar-refractivity contribution in [2.75, 3.05) is 0 Å². The van der Waals surface area contributed by atoms with Crippen LogP contribution >= 0.6 is 0 Å². The third kappa shape index (κ3) is 5.27. The zero-order chi connectivity index (χ0) is 19.2. The van der Waals surface area contributed by atoms with Gasteiger partial charge in [-0.2, -0.15) is 29.3 Å². The molecule has 0 N–H and O–H groups in total. The van der Waals surface area contributed by atoms with Crippen LogP contribution in [0, 0.1) is 0 Å². The van der Waals surface area contributed by atoms with Gasteiger partial charge in [-0.1, -0.05) is 44.9 Å². The summed E-state index contributed by atoms with van der Waals surface area (Å²) in [5.74, 6) is -2.58. The van der Waals surface area contributed by atoms with E-state index in [9.17, 15) is 0 Å². The first-order chi connectivity index (χ1) is 13.7. The van der Waals surface area contributed by atoms with Gasteiger partial charge in [0.2, 0.25) is 17.4 Å². The molecule has 162 valence electrons. The van der Waals surface area contributed by atoms with Crippen molar-refractivity contribution in [3.63, 3.8) is 0 Å². The second-order valence-electron chi connectivity index (χ2n) is 9.33. The molecule has 1 heterocycles. The third-order valence-electron chi connectivity index (χ3n) is 6.88. The first-order valence-electron chi connectivity index (χ1n) is 11.8. The molecule has 3 aliphatic carbocycles. The first-order valence-corrected chi connectivity index (χ1v) is 11.8. The summed E-state index contributed by atoms with van der Waals surface area (Å²) in [7, 11) is 0. The Labute approximate surface area is 169 Å². The van der Waals surface area contributed by atoms with Crippen LogP contribution in [0.15, 0.2) is 0 Å². The van der Waals surface area contributed by atoms with E-state index in [2.05, 4.69) is 0 Å². The largest absolute Gasteiger partial charge is 0.234 e. The maximum Gasteiger partial charge on any atom is 0.234 e. The van der Waals surface area contributed by atoms with Gasteiger partial charge in [-0.25, -0.2) is 0 Å². The average molecular weight is 399 g/mol. The van der Waals surface area contributed by atoms with Crippen LogP contribution in [0.3, 0.4) is 0 Å². The fourth-order valence-corrected chi connectivity index (χ4v) is 4.98. The fourth-order valence-electron chi connectivity index (χ4n) is 4.98. The van der Waals surface area contributed by atoms with Crippen molar-refractivity contribution in [1.29, 1.82) is 0 Å². The van der Waals surface area contributed by atoms with Crippen molar-refractivity contribution in [2.24, 2.45) is 0 Å². The molecule has 4 fully saturated rings. The normalized spacial score (nSPS) is 31.7. The van der Waals surface area contributed by atoms with E-state index < -0.39 is 17.4 Å². The number of rotatable bonds is 0. The minimum Gasteiger partial charge on any atom is -0.195 e. The molecule has 3 saturated carbocycles. The van der Waals surface area contributed by atoms with E-state index in [1.807, 2.05) is 0 Å². The highest BCUT2D eigenvalue weighted by Crippen LogP contribution is 2.43. The van der Waals surface area contributed by atoms with Crippen LogP contribution < -0.4 is 0 Å². The standard InChI is InChI=1S/C22H38O6/c1-2-8-14-20(15-9-3-1)23-25-21(16-10-4-5-11-17-21)27-28-22(26-24-20)18-12-6-7-13-19-22/h1-19H2. The Morgan fingerprint density at radius 1 is 0.250 bits per heavy atom. The fraction of sp³-hybridized carbons (Fsp3) is 1.00. The van der Waals surface area contributed by atoms with Crippen LogP contribution in [-0.4, -0.2) is 17.4 Å². The van der Waals surface area contributed by atoms with Gasteiger partial charge >= 0.3 is 0 Å². The molecule has 0 unspecified atom stereocenters. The van der Waals surface area contributed by atoms with E-state index >= 15 is 0 Å². The highest BCUT2D eigenvalue weighted by atomic mass is 17.4. The molecule has 0 bridgehead atoms. The van der Waals surface area contributed by atoms with Crippen molar-refractivity contribution in [3.8, 4) is 0 Å². The maximum absolute atomic E-state index is 6.09. The number of hydrogen-bond acceptors (Lipinski definition) is 6. The molecule has 3 spiro atoms. The van der Waals surface area contributed by atoms with E-state index in [-0.39, 0.29) is 0 Å². The number of hydrogen-bond donors (Lipinski definition) is 0. The minimum atomic E-state index is -0.865. The van der Waals surface area contributed by atoms with E-state index in [4.69, 9.17) is 29.3 Å². The van der Waals surface area contributed by atoms with Gasteiger partial charge in [-0.3, -0.25) is 0 Å². The van der Waals surface area contributed by atoms with Crippen LogP contribution in [0.4, 0.5) is 0 Å². The Bertz CT molecular complexity index is 424. The van der Waals surface area contributed by atoms with Crippen LogP contribution in [0.1, 0.15) is 122 Å². The smallest absolute Gasteiger partial charge is 0.195 e. The van der Waals surface area contributed by atoms with Gasteiger partial charge in [0.25, 0.3) is 0 Å². The maximum atomic E-state index is 6.09. The van der Waals surface area contributed by atoms with Crippen molar-refractivity contribution < 1.29 is 29.3 Å². The minimum absolute atomic E-state index is 0.777. The molecule has 0 amide bonds. The lowest BCUT2D eigenvalue weighted by molar-refractivity contribution is -0.552. The average Bonchev–Trinajstić information content (AvgIpc) is 3.05. The lowest BCUT2D eigenvalue weighted by Crippen LogP contribution is -2.42. The molecule has 4 rings (SSSR count). The summed E-state index contributed by atoms with van der Waals surface area (Å²) in [5, 5.41) is 0. The molecular formula is C22H38O6. The van der Waals surface area contributed by atoms with Crippen LogP contribution in [0.2, 0.25) is 0 Å². The van der Waals surface area contributed by atoms with Gasteiger partial charge in [-0.05, 0) is 38.5 Å². The quantitative estimate of drug-likeness (QED) is 0.441. The van der Waals surface area contributed by atoms with E-state index in [1.54, 1.807) is 0 Å². The molecule has 6 nitrogen and oxygen atoms in total. The Balaban J connectivity index is 1.58. The lowest BCUT2D eigenvalue weighted by Gasteiger charge is -2.35. The molecule has 28 heavy (non-hydrogen) atoms. The summed E-state index contributed by atoms with van der Waals surface area (Å²) in [6, 6.07) is 0. The summed E-state index contributed by atoms with van der Waals surface area (Å²) in [6.07, 6.45) is 19.4. The van der Waals surface area contributed by atoms with Gasteiger partial charge in [0.15, 0.2) is 0 Å². The molecule has 4 aliphatic rings. The second-order valence-corrected chi connectivity index (χ2v) is 9.33. The van der Waals surface area contributed by atoms with E-state index in [0.717, 1.165) is 77.0 Å². The summed E-state index contributed by atoms with van der Waals surface area (Å²) in [4.78, 5) is 36.4. The lowest BCUT2D eigenvalue weighted by atomic mass is 9.96. The van der Waals surface area contributed by atoms with Gasteiger partial charge < -0.3 is 0 Å². The summed E-state index contributed by atoms with van der Waals surface area (Å²) in [5.41, 5.74) is 0. The summed E-state index contributed by atoms with van der Waals surface area (Å²) in [6.45, 7) is 0. The molecule has 0 atom stereocenters. The zero-order valence-corrected chi connectivity index (χ0v) is 17.4.